The van der Waals surface area contributed by atoms with Crippen molar-refractivity contribution >= 4 is 58.2 Å². The Morgan fingerprint density at radius 1 is 0.968 bits per heavy atom. The number of halogens is 2. The van der Waals surface area contributed by atoms with E-state index in [2.05, 4.69) is 0 Å². The highest BCUT2D eigenvalue weighted by Gasteiger charge is 2.63. The number of thioether (sulfide) groups is 1. The molecule has 4 nitrogen and oxygen atoms in total. The lowest BCUT2D eigenvalue weighted by atomic mass is 10.0. The largest absolute Gasteiger partial charge is 0.304 e. The van der Waals surface area contributed by atoms with Gasteiger partial charge in [0.2, 0.25) is 10.8 Å². The van der Waals surface area contributed by atoms with Gasteiger partial charge in [0.1, 0.15) is 0 Å². The molecule has 2 amide bonds. The van der Waals surface area contributed by atoms with Gasteiger partial charge in [-0.05, 0) is 42.8 Å². The van der Waals surface area contributed by atoms with E-state index in [9.17, 15) is 9.59 Å². The number of fused-ring (bicyclic) bond motifs is 2. The van der Waals surface area contributed by atoms with Crippen LogP contribution in [0.1, 0.15) is 18.1 Å². The smallest absolute Gasteiger partial charge is 0.269 e. The van der Waals surface area contributed by atoms with Crippen molar-refractivity contribution in [1.82, 2.24) is 0 Å². The molecule has 0 N–H and O–H groups in total. The average Bonchev–Trinajstić information content (AvgIpc) is 3.16. The van der Waals surface area contributed by atoms with Crippen LogP contribution in [-0.2, 0) is 21.0 Å². The van der Waals surface area contributed by atoms with E-state index in [4.69, 9.17) is 23.2 Å². The van der Waals surface area contributed by atoms with Gasteiger partial charge in [-0.1, -0.05) is 65.7 Å². The zero-order valence-corrected chi connectivity index (χ0v) is 18.9. The predicted molar refractivity (Wildman–Crippen MR) is 127 cm³/mol. The van der Waals surface area contributed by atoms with E-state index in [1.165, 1.54) is 11.8 Å². The van der Waals surface area contributed by atoms with Gasteiger partial charge in [0.05, 0.1) is 17.5 Å². The lowest BCUT2D eigenvalue weighted by Crippen LogP contribution is -2.49. The number of rotatable bonds is 3. The Hall–Kier alpha value is -2.47. The van der Waals surface area contributed by atoms with Crippen LogP contribution in [0, 0.1) is 0 Å². The average molecular weight is 469 g/mol. The summed E-state index contributed by atoms with van der Waals surface area (Å²) in [6.45, 7) is 2.16. The highest BCUT2D eigenvalue weighted by atomic mass is 35.5. The summed E-state index contributed by atoms with van der Waals surface area (Å²) in [7, 11) is 0. The van der Waals surface area contributed by atoms with Gasteiger partial charge >= 0.3 is 0 Å². The molecule has 2 atom stereocenters. The summed E-state index contributed by atoms with van der Waals surface area (Å²) in [5.41, 5.74) is 3.04. The zero-order valence-electron chi connectivity index (χ0n) is 16.6. The van der Waals surface area contributed by atoms with E-state index in [1.807, 2.05) is 61.5 Å². The highest BCUT2D eigenvalue weighted by Crippen LogP contribution is 2.58. The van der Waals surface area contributed by atoms with Crippen molar-refractivity contribution in [2.75, 3.05) is 9.80 Å². The van der Waals surface area contributed by atoms with Gasteiger partial charge in [-0.3, -0.25) is 14.5 Å². The summed E-state index contributed by atoms with van der Waals surface area (Å²) >= 11 is 14.0. The monoisotopic (exact) mass is 468 g/mol. The normalized spacial score (nSPS) is 22.5. The maximum atomic E-state index is 14.1. The van der Waals surface area contributed by atoms with E-state index in [0.29, 0.717) is 22.3 Å². The van der Waals surface area contributed by atoms with Gasteiger partial charge in [0.25, 0.3) is 5.91 Å². The van der Waals surface area contributed by atoms with Crippen molar-refractivity contribution in [1.29, 1.82) is 0 Å². The molecule has 156 valence electrons. The predicted octanol–water partition coefficient (Wildman–Crippen LogP) is 5.86. The molecule has 2 aliphatic heterocycles. The lowest BCUT2D eigenvalue weighted by Gasteiger charge is -2.33. The fraction of sp³-hybridized carbons (Fsp3) is 0.167. The Morgan fingerprint density at radius 3 is 2.48 bits per heavy atom. The summed E-state index contributed by atoms with van der Waals surface area (Å²) in [4.78, 5) is 29.6. The SMILES string of the molecule is C[C@@H]1S[C@@]2(C(=O)N(Cc3ccccc3Cl)c3ccccc32)N(c2cccc(Cl)c2)C1=O. The molecule has 2 aliphatic rings. The Kier molecular flexibility index (Phi) is 5.00. The minimum atomic E-state index is -1.18. The van der Waals surface area contributed by atoms with Crippen LogP contribution in [0.4, 0.5) is 11.4 Å². The van der Waals surface area contributed by atoms with Crippen LogP contribution in [0.15, 0.2) is 72.8 Å². The third kappa shape index (κ3) is 3.06. The molecular formula is C24H18Cl2N2O2S. The van der Waals surface area contributed by atoms with Gasteiger partial charge in [-0.15, -0.1) is 11.8 Å². The summed E-state index contributed by atoms with van der Waals surface area (Å²) in [5.74, 6) is -0.272. The molecule has 0 saturated carbocycles. The first kappa shape index (κ1) is 20.4. The molecule has 31 heavy (non-hydrogen) atoms. The maximum Gasteiger partial charge on any atom is 0.269 e. The number of nitrogens with zero attached hydrogens (tertiary/aromatic N) is 2. The first-order valence-electron chi connectivity index (χ1n) is 9.86. The molecule has 3 aromatic carbocycles. The topological polar surface area (TPSA) is 40.6 Å². The molecule has 0 aliphatic carbocycles. The van der Waals surface area contributed by atoms with E-state index >= 15 is 0 Å². The number of benzene rings is 3. The molecule has 0 aromatic heterocycles. The molecule has 3 aromatic rings. The third-order valence-corrected chi connectivity index (χ3v) is 7.76. The van der Waals surface area contributed by atoms with Gasteiger partial charge in [-0.2, -0.15) is 0 Å². The lowest BCUT2D eigenvalue weighted by molar-refractivity contribution is -0.124. The number of carbonyl (C=O) groups excluding carboxylic acids is 2. The highest BCUT2D eigenvalue weighted by molar-refractivity contribution is 8.03. The second-order valence-corrected chi connectivity index (χ2v) is 9.93. The number of amides is 2. The van der Waals surface area contributed by atoms with Crippen LogP contribution in [0.2, 0.25) is 10.0 Å². The maximum absolute atomic E-state index is 14.1. The molecule has 7 heteroatoms. The molecule has 0 bridgehead atoms. The second kappa shape index (κ2) is 7.59. The summed E-state index contributed by atoms with van der Waals surface area (Å²) < 4.78 is 0. The molecule has 1 spiro atoms. The van der Waals surface area contributed by atoms with Crippen LogP contribution in [-0.4, -0.2) is 17.1 Å². The molecule has 1 fully saturated rings. The van der Waals surface area contributed by atoms with E-state index in [-0.39, 0.29) is 17.1 Å². The summed E-state index contributed by atoms with van der Waals surface area (Å²) in [5, 5.41) is 0.733. The zero-order chi connectivity index (χ0) is 21.8. The molecule has 5 rings (SSSR count). The van der Waals surface area contributed by atoms with Crippen molar-refractivity contribution < 1.29 is 9.59 Å². The summed E-state index contributed by atoms with van der Waals surface area (Å²) in [6.07, 6.45) is 0. The van der Waals surface area contributed by atoms with Crippen LogP contribution in [0.3, 0.4) is 0 Å². The standard InChI is InChI=1S/C24H18Cl2N2O2S/c1-15-22(29)28(18-9-6-8-17(25)13-18)24(31-15)19-10-3-5-12-21(19)27(23(24)30)14-16-7-2-4-11-20(16)26/h2-13,15H,14H2,1H3/t15-,24-/m0/s1. The van der Waals surface area contributed by atoms with Gasteiger partial charge < -0.3 is 4.90 Å². The van der Waals surface area contributed by atoms with E-state index in [1.54, 1.807) is 28.0 Å². The van der Waals surface area contributed by atoms with Crippen molar-refractivity contribution in [3.05, 3.63) is 94.0 Å². The number of anilines is 2. The number of hydrogen-bond donors (Lipinski definition) is 0. The fourth-order valence-corrected chi connectivity index (χ4v) is 6.22. The third-order valence-electron chi connectivity index (χ3n) is 5.68. The fourth-order valence-electron chi connectivity index (χ4n) is 4.31. The van der Waals surface area contributed by atoms with Crippen molar-refractivity contribution in [3.63, 3.8) is 0 Å². The Bertz CT molecular complexity index is 1220. The Morgan fingerprint density at radius 2 is 1.71 bits per heavy atom. The summed E-state index contributed by atoms with van der Waals surface area (Å²) in [6, 6.07) is 22.2. The van der Waals surface area contributed by atoms with Crippen molar-refractivity contribution in [2.24, 2.45) is 0 Å². The first-order valence-corrected chi connectivity index (χ1v) is 11.5. The van der Waals surface area contributed by atoms with Crippen LogP contribution >= 0.6 is 35.0 Å². The molecule has 2 heterocycles. The van der Waals surface area contributed by atoms with Gasteiger partial charge in [0, 0.05) is 21.3 Å². The number of hydrogen-bond acceptors (Lipinski definition) is 3. The van der Waals surface area contributed by atoms with Gasteiger partial charge in [-0.25, -0.2) is 0 Å². The molecule has 0 unspecified atom stereocenters. The van der Waals surface area contributed by atoms with Crippen molar-refractivity contribution in [3.8, 4) is 0 Å². The van der Waals surface area contributed by atoms with Crippen molar-refractivity contribution in [2.45, 2.75) is 23.6 Å². The number of para-hydroxylation sites is 1. The number of carbonyl (C=O) groups is 2. The van der Waals surface area contributed by atoms with E-state index in [0.717, 1.165) is 16.8 Å². The van der Waals surface area contributed by atoms with Crippen LogP contribution < -0.4 is 9.80 Å². The minimum Gasteiger partial charge on any atom is -0.304 e. The Balaban J connectivity index is 1.68. The molecule has 1 saturated heterocycles. The van der Waals surface area contributed by atoms with Gasteiger partial charge in [0.15, 0.2) is 0 Å². The quantitative estimate of drug-likeness (QED) is 0.483. The molecule has 0 radical (unpaired) electrons. The molecular weight excluding hydrogens is 451 g/mol. The first-order chi connectivity index (χ1) is 14.9. The second-order valence-electron chi connectivity index (χ2n) is 7.56. The minimum absolute atomic E-state index is 0.116. The van der Waals surface area contributed by atoms with Crippen LogP contribution in [0.25, 0.3) is 0 Å². The van der Waals surface area contributed by atoms with Crippen LogP contribution in [0.5, 0.6) is 0 Å². The Labute approximate surface area is 194 Å². The van der Waals surface area contributed by atoms with E-state index < -0.39 is 4.87 Å².